The van der Waals surface area contributed by atoms with Gasteiger partial charge in [-0.1, -0.05) is 49.6 Å². The van der Waals surface area contributed by atoms with Gasteiger partial charge in [-0.05, 0) is 55.2 Å². The van der Waals surface area contributed by atoms with Crippen LogP contribution in [-0.4, -0.2) is 24.5 Å². The van der Waals surface area contributed by atoms with Crippen LogP contribution in [0.3, 0.4) is 0 Å². The third-order valence-electron chi connectivity index (χ3n) is 5.29. The van der Waals surface area contributed by atoms with E-state index in [4.69, 9.17) is 4.74 Å². The topological polar surface area (TPSA) is 91.2 Å². The summed E-state index contributed by atoms with van der Waals surface area (Å²) in [5, 5.41) is 15.2. The molecule has 1 fully saturated rings. The number of hydrogen-bond acceptors (Lipinski definition) is 4. The molecule has 2 aromatic carbocycles. The van der Waals surface area contributed by atoms with Crippen molar-refractivity contribution in [2.24, 2.45) is 0 Å². The van der Waals surface area contributed by atoms with E-state index in [1.54, 1.807) is 30.3 Å². The Morgan fingerprint density at radius 2 is 1.81 bits per heavy atom. The van der Waals surface area contributed by atoms with Crippen LogP contribution in [0.2, 0.25) is 0 Å². The summed E-state index contributed by atoms with van der Waals surface area (Å²) in [6, 6.07) is 16.6. The maximum Gasteiger partial charge on any atom is 0.262 e. The zero-order chi connectivity index (χ0) is 22.1. The molecule has 2 aromatic rings. The van der Waals surface area contributed by atoms with Crippen LogP contribution in [-0.2, 0) is 9.59 Å². The summed E-state index contributed by atoms with van der Waals surface area (Å²) in [6.07, 6.45) is 6.92. The van der Waals surface area contributed by atoms with E-state index in [9.17, 15) is 14.9 Å². The average Bonchev–Trinajstić information content (AvgIpc) is 2.79. The van der Waals surface area contributed by atoms with Gasteiger partial charge < -0.3 is 15.4 Å². The minimum atomic E-state index is -0.331. The summed E-state index contributed by atoms with van der Waals surface area (Å²) in [5.74, 6) is -0.0470. The molecule has 6 nitrogen and oxygen atoms in total. The van der Waals surface area contributed by atoms with Gasteiger partial charge >= 0.3 is 0 Å². The van der Waals surface area contributed by atoms with Gasteiger partial charge in [-0.15, -0.1) is 0 Å². The standard InChI is InChI=1S/C25H27N3O3/c1-18-7-5-6-10-23(18)28-24(29)17-31-22-13-11-19(12-14-22)15-20(16-26)25(30)27-21-8-3-2-4-9-21/h5-7,10-15,21H,2-4,8-9,17H2,1H3,(H,27,30)(H,28,29). The monoisotopic (exact) mass is 417 g/mol. The summed E-state index contributed by atoms with van der Waals surface area (Å²) in [5.41, 5.74) is 2.53. The lowest BCUT2D eigenvalue weighted by molar-refractivity contribution is -0.118. The summed E-state index contributed by atoms with van der Waals surface area (Å²) in [7, 11) is 0. The van der Waals surface area contributed by atoms with E-state index in [0.717, 1.165) is 36.9 Å². The summed E-state index contributed by atoms with van der Waals surface area (Å²) in [6.45, 7) is 1.81. The van der Waals surface area contributed by atoms with Gasteiger partial charge in [0, 0.05) is 11.7 Å². The van der Waals surface area contributed by atoms with Crippen molar-refractivity contribution in [1.29, 1.82) is 5.26 Å². The van der Waals surface area contributed by atoms with Crippen molar-refractivity contribution in [3.05, 3.63) is 65.2 Å². The summed E-state index contributed by atoms with van der Waals surface area (Å²) >= 11 is 0. The Labute approximate surface area is 182 Å². The molecule has 3 rings (SSSR count). The van der Waals surface area contributed by atoms with E-state index < -0.39 is 0 Å². The number of para-hydroxylation sites is 1. The number of nitriles is 1. The zero-order valence-electron chi connectivity index (χ0n) is 17.7. The molecule has 2 N–H and O–H groups in total. The first kappa shape index (κ1) is 22.1. The molecule has 1 aliphatic rings. The first-order valence-corrected chi connectivity index (χ1v) is 10.6. The highest BCUT2D eigenvalue weighted by Gasteiger charge is 2.18. The van der Waals surface area contributed by atoms with E-state index in [-0.39, 0.29) is 30.0 Å². The molecule has 0 bridgehead atoms. The summed E-state index contributed by atoms with van der Waals surface area (Å²) in [4.78, 5) is 24.5. The molecule has 0 radical (unpaired) electrons. The zero-order valence-corrected chi connectivity index (χ0v) is 17.7. The fourth-order valence-corrected chi connectivity index (χ4v) is 3.53. The van der Waals surface area contributed by atoms with Crippen LogP contribution in [0.1, 0.15) is 43.2 Å². The Balaban J connectivity index is 1.53. The lowest BCUT2D eigenvalue weighted by Gasteiger charge is -2.22. The first-order valence-electron chi connectivity index (χ1n) is 10.6. The van der Waals surface area contributed by atoms with Crippen molar-refractivity contribution >= 4 is 23.6 Å². The SMILES string of the molecule is Cc1ccccc1NC(=O)COc1ccc(C=C(C#N)C(=O)NC2CCCCC2)cc1. The van der Waals surface area contributed by atoms with Gasteiger partial charge in [0.1, 0.15) is 17.4 Å². The van der Waals surface area contributed by atoms with Crippen molar-refractivity contribution < 1.29 is 14.3 Å². The van der Waals surface area contributed by atoms with Gasteiger partial charge in [-0.25, -0.2) is 0 Å². The number of ether oxygens (including phenoxy) is 1. The predicted octanol–water partition coefficient (Wildman–Crippen LogP) is 4.37. The van der Waals surface area contributed by atoms with Crippen molar-refractivity contribution in [3.8, 4) is 11.8 Å². The molecule has 2 amide bonds. The van der Waals surface area contributed by atoms with Gasteiger partial charge in [-0.2, -0.15) is 5.26 Å². The highest BCUT2D eigenvalue weighted by atomic mass is 16.5. The second-order valence-corrected chi connectivity index (χ2v) is 7.70. The Kier molecular flexibility index (Phi) is 7.83. The number of nitrogens with one attached hydrogen (secondary N) is 2. The molecule has 1 saturated carbocycles. The van der Waals surface area contributed by atoms with E-state index in [1.165, 1.54) is 6.42 Å². The molecule has 0 aliphatic heterocycles. The van der Waals surface area contributed by atoms with Crippen LogP contribution in [0.25, 0.3) is 6.08 Å². The Bertz CT molecular complexity index is 984. The number of nitrogens with zero attached hydrogens (tertiary/aromatic N) is 1. The fraction of sp³-hybridized carbons (Fsp3) is 0.320. The van der Waals surface area contributed by atoms with Gasteiger partial charge in [0.25, 0.3) is 11.8 Å². The highest BCUT2D eigenvalue weighted by Crippen LogP contribution is 2.19. The number of hydrogen-bond donors (Lipinski definition) is 2. The first-order chi connectivity index (χ1) is 15.0. The van der Waals surface area contributed by atoms with E-state index >= 15 is 0 Å². The van der Waals surface area contributed by atoms with Gasteiger partial charge in [0.15, 0.2) is 6.61 Å². The highest BCUT2D eigenvalue weighted by molar-refractivity contribution is 6.01. The largest absolute Gasteiger partial charge is 0.484 e. The molecule has 0 spiro atoms. The molecule has 0 heterocycles. The third kappa shape index (κ3) is 6.71. The third-order valence-corrected chi connectivity index (χ3v) is 5.29. The minimum absolute atomic E-state index is 0.0804. The molecule has 0 aromatic heterocycles. The fourth-order valence-electron chi connectivity index (χ4n) is 3.53. The van der Waals surface area contributed by atoms with Crippen LogP contribution >= 0.6 is 0 Å². The maximum atomic E-state index is 12.4. The quantitative estimate of drug-likeness (QED) is 0.517. The Morgan fingerprint density at radius 1 is 1.10 bits per heavy atom. The average molecular weight is 418 g/mol. The molecular formula is C25H27N3O3. The number of anilines is 1. The predicted molar refractivity (Wildman–Crippen MR) is 120 cm³/mol. The van der Waals surface area contributed by atoms with Crippen LogP contribution in [0.15, 0.2) is 54.1 Å². The van der Waals surface area contributed by atoms with E-state index in [0.29, 0.717) is 11.3 Å². The molecule has 0 saturated heterocycles. The van der Waals surface area contributed by atoms with E-state index in [1.807, 2.05) is 37.3 Å². The maximum absolute atomic E-state index is 12.4. The number of aryl methyl sites for hydroxylation is 1. The van der Waals surface area contributed by atoms with Crippen molar-refractivity contribution in [1.82, 2.24) is 5.32 Å². The molecule has 6 heteroatoms. The van der Waals surface area contributed by atoms with E-state index in [2.05, 4.69) is 10.6 Å². The van der Waals surface area contributed by atoms with Crippen LogP contribution in [0, 0.1) is 18.3 Å². The van der Waals surface area contributed by atoms with Gasteiger partial charge in [0.2, 0.25) is 0 Å². The number of amides is 2. The second kappa shape index (κ2) is 11.0. The smallest absolute Gasteiger partial charge is 0.262 e. The Hall–Kier alpha value is -3.59. The summed E-state index contributed by atoms with van der Waals surface area (Å²) < 4.78 is 5.54. The van der Waals surface area contributed by atoms with Crippen molar-refractivity contribution in [2.45, 2.75) is 45.1 Å². The minimum Gasteiger partial charge on any atom is -0.484 e. The number of benzene rings is 2. The number of rotatable bonds is 7. The van der Waals surface area contributed by atoms with Gasteiger partial charge in [-0.3, -0.25) is 9.59 Å². The molecule has 160 valence electrons. The normalized spacial score (nSPS) is 14.4. The van der Waals surface area contributed by atoms with Crippen molar-refractivity contribution in [2.75, 3.05) is 11.9 Å². The molecule has 1 aliphatic carbocycles. The van der Waals surface area contributed by atoms with Crippen LogP contribution in [0.5, 0.6) is 5.75 Å². The molecule has 0 unspecified atom stereocenters. The lowest BCUT2D eigenvalue weighted by Crippen LogP contribution is -2.36. The van der Waals surface area contributed by atoms with Crippen molar-refractivity contribution in [3.63, 3.8) is 0 Å². The van der Waals surface area contributed by atoms with Crippen LogP contribution in [0.4, 0.5) is 5.69 Å². The molecular weight excluding hydrogens is 390 g/mol. The number of carbonyl (C=O) groups is 2. The number of carbonyl (C=O) groups excluding carboxylic acids is 2. The Morgan fingerprint density at radius 3 is 2.48 bits per heavy atom. The molecule has 31 heavy (non-hydrogen) atoms. The van der Waals surface area contributed by atoms with Crippen LogP contribution < -0.4 is 15.4 Å². The molecule has 0 atom stereocenters. The second-order valence-electron chi connectivity index (χ2n) is 7.70. The lowest BCUT2D eigenvalue weighted by atomic mass is 9.95. The van der Waals surface area contributed by atoms with Gasteiger partial charge in [0.05, 0.1) is 0 Å².